The van der Waals surface area contributed by atoms with Gasteiger partial charge in [-0.3, -0.25) is 9.59 Å². The molecule has 0 bridgehead atoms. The van der Waals surface area contributed by atoms with Crippen LogP contribution in [0.1, 0.15) is 27.3 Å². The van der Waals surface area contributed by atoms with E-state index in [9.17, 15) is 9.59 Å². The number of hydrogen-bond donors (Lipinski definition) is 2. The number of nitrogens with zero attached hydrogens (tertiary/aromatic N) is 2. The van der Waals surface area contributed by atoms with Gasteiger partial charge in [-0.25, -0.2) is 4.98 Å². The monoisotopic (exact) mass is 426 g/mol. The van der Waals surface area contributed by atoms with Crippen LogP contribution in [0, 0.1) is 13.8 Å². The molecule has 0 aliphatic rings. The number of carbonyl (C=O) groups excluding carboxylic acids is 2. The van der Waals surface area contributed by atoms with Gasteiger partial charge in [-0.05, 0) is 55.3 Å². The fraction of sp³-hybridized carbons (Fsp3) is 0.192. The minimum atomic E-state index is -0.124. The van der Waals surface area contributed by atoms with Crippen LogP contribution in [0.2, 0.25) is 0 Å². The minimum Gasteiger partial charge on any atom is -0.352 e. The zero-order valence-electron chi connectivity index (χ0n) is 18.3. The number of benzene rings is 3. The number of rotatable bonds is 7. The summed E-state index contributed by atoms with van der Waals surface area (Å²) in [5, 5.41) is 5.95. The van der Waals surface area contributed by atoms with Crippen molar-refractivity contribution in [2.45, 2.75) is 26.8 Å². The Morgan fingerprint density at radius 2 is 1.69 bits per heavy atom. The summed E-state index contributed by atoms with van der Waals surface area (Å²) in [5.74, 6) is 0.521. The first-order chi connectivity index (χ1) is 15.5. The third kappa shape index (κ3) is 4.86. The molecule has 0 saturated carbocycles. The second-order valence-electron chi connectivity index (χ2n) is 7.84. The Morgan fingerprint density at radius 3 is 2.50 bits per heavy atom. The van der Waals surface area contributed by atoms with Gasteiger partial charge >= 0.3 is 0 Å². The lowest BCUT2D eigenvalue weighted by Crippen LogP contribution is -2.27. The molecule has 0 aliphatic carbocycles. The maximum absolute atomic E-state index is 12.9. The van der Waals surface area contributed by atoms with E-state index >= 15 is 0 Å². The van der Waals surface area contributed by atoms with Crippen LogP contribution in [0.25, 0.3) is 11.0 Å². The molecule has 0 atom stereocenters. The van der Waals surface area contributed by atoms with E-state index in [0.717, 1.165) is 33.7 Å². The van der Waals surface area contributed by atoms with Crippen molar-refractivity contribution in [2.75, 3.05) is 11.9 Å². The lowest BCUT2D eigenvalue weighted by atomic mass is 10.1. The number of para-hydroxylation sites is 2. The van der Waals surface area contributed by atoms with Gasteiger partial charge < -0.3 is 15.2 Å². The molecule has 0 saturated heterocycles. The molecule has 0 spiro atoms. The number of fused-ring (bicyclic) bond motifs is 1. The second-order valence-corrected chi connectivity index (χ2v) is 7.84. The van der Waals surface area contributed by atoms with Crippen molar-refractivity contribution >= 4 is 28.5 Å². The van der Waals surface area contributed by atoms with Crippen molar-refractivity contribution in [2.24, 2.45) is 0 Å². The summed E-state index contributed by atoms with van der Waals surface area (Å²) in [6.07, 6.45) is 0.518. The molecule has 6 heteroatoms. The minimum absolute atomic E-state index is 0.114. The highest BCUT2D eigenvalue weighted by molar-refractivity contribution is 5.94. The van der Waals surface area contributed by atoms with E-state index in [-0.39, 0.29) is 18.4 Å². The van der Waals surface area contributed by atoms with Gasteiger partial charge in [0.2, 0.25) is 5.91 Å². The molecule has 6 nitrogen and oxygen atoms in total. The molecule has 162 valence electrons. The third-order valence-corrected chi connectivity index (χ3v) is 5.37. The topological polar surface area (TPSA) is 76.0 Å². The van der Waals surface area contributed by atoms with Gasteiger partial charge in [-0.15, -0.1) is 0 Å². The molecule has 2 N–H and O–H groups in total. The fourth-order valence-electron chi connectivity index (χ4n) is 3.68. The lowest BCUT2D eigenvalue weighted by Gasteiger charge is -2.12. The summed E-state index contributed by atoms with van der Waals surface area (Å²) < 4.78 is 1.92. The summed E-state index contributed by atoms with van der Waals surface area (Å²) >= 11 is 0. The number of carbonyl (C=O) groups is 2. The Balaban J connectivity index is 1.49. The molecule has 0 fully saturated rings. The molecule has 1 aromatic heterocycles. The highest BCUT2D eigenvalue weighted by atomic mass is 16.2. The number of amides is 2. The Kier molecular flexibility index (Phi) is 6.31. The van der Waals surface area contributed by atoms with Crippen LogP contribution in [0.15, 0.2) is 72.8 Å². The number of aryl methyl sites for hydroxylation is 2. The van der Waals surface area contributed by atoms with E-state index in [4.69, 9.17) is 4.98 Å². The maximum Gasteiger partial charge on any atom is 0.251 e. The average molecular weight is 427 g/mol. The van der Waals surface area contributed by atoms with E-state index in [1.54, 1.807) is 12.1 Å². The summed E-state index contributed by atoms with van der Waals surface area (Å²) in [6, 6.07) is 22.9. The van der Waals surface area contributed by atoms with Crippen molar-refractivity contribution in [1.82, 2.24) is 14.9 Å². The van der Waals surface area contributed by atoms with Crippen LogP contribution in [0.4, 0.5) is 5.69 Å². The summed E-state index contributed by atoms with van der Waals surface area (Å²) in [5.41, 5.74) is 5.27. The molecule has 32 heavy (non-hydrogen) atoms. The highest BCUT2D eigenvalue weighted by Gasteiger charge is 2.15. The van der Waals surface area contributed by atoms with Crippen LogP contribution in [0.5, 0.6) is 0 Å². The summed E-state index contributed by atoms with van der Waals surface area (Å²) in [6.45, 7) is 4.55. The predicted octanol–water partition coefficient (Wildman–Crippen LogP) is 4.26. The highest BCUT2D eigenvalue weighted by Crippen LogP contribution is 2.19. The molecule has 2 amide bonds. The van der Waals surface area contributed by atoms with Gasteiger partial charge in [-0.2, -0.15) is 0 Å². The van der Waals surface area contributed by atoms with Crippen molar-refractivity contribution < 1.29 is 9.59 Å². The van der Waals surface area contributed by atoms with Gasteiger partial charge in [-0.1, -0.05) is 42.5 Å². The van der Waals surface area contributed by atoms with Crippen molar-refractivity contribution in [1.29, 1.82) is 0 Å². The predicted molar refractivity (Wildman–Crippen MR) is 127 cm³/mol. The van der Waals surface area contributed by atoms with Gasteiger partial charge in [0, 0.05) is 24.2 Å². The zero-order valence-corrected chi connectivity index (χ0v) is 18.3. The zero-order chi connectivity index (χ0) is 22.5. The Bertz CT molecular complexity index is 1260. The SMILES string of the molecule is Cc1ccc(C)c(NC(=O)Cn2c(CCNC(=O)c3ccccc3)nc3ccccc32)c1. The Morgan fingerprint density at radius 1 is 0.938 bits per heavy atom. The molecule has 3 aromatic carbocycles. The van der Waals surface area contributed by atoms with Crippen LogP contribution < -0.4 is 10.6 Å². The van der Waals surface area contributed by atoms with Crippen LogP contribution >= 0.6 is 0 Å². The van der Waals surface area contributed by atoms with E-state index in [1.165, 1.54) is 0 Å². The molecule has 0 aliphatic heterocycles. The number of aromatic nitrogens is 2. The molecule has 1 heterocycles. The van der Waals surface area contributed by atoms with E-state index in [1.807, 2.05) is 79.1 Å². The van der Waals surface area contributed by atoms with Gasteiger partial charge in [0.05, 0.1) is 11.0 Å². The van der Waals surface area contributed by atoms with E-state index in [2.05, 4.69) is 10.6 Å². The summed E-state index contributed by atoms with van der Waals surface area (Å²) in [7, 11) is 0. The average Bonchev–Trinajstić information content (AvgIpc) is 3.14. The normalized spacial score (nSPS) is 10.8. The Hall–Kier alpha value is -3.93. The lowest BCUT2D eigenvalue weighted by molar-refractivity contribution is -0.116. The molecule has 4 rings (SSSR count). The molecular weight excluding hydrogens is 400 g/mol. The van der Waals surface area contributed by atoms with Crippen molar-refractivity contribution in [3.05, 3.63) is 95.3 Å². The first-order valence-electron chi connectivity index (χ1n) is 10.7. The molecular formula is C26H26N4O2. The summed E-state index contributed by atoms with van der Waals surface area (Å²) in [4.78, 5) is 29.9. The first kappa shape index (κ1) is 21.3. The number of nitrogens with one attached hydrogen (secondary N) is 2. The third-order valence-electron chi connectivity index (χ3n) is 5.37. The largest absolute Gasteiger partial charge is 0.352 e. The number of hydrogen-bond acceptors (Lipinski definition) is 3. The second kappa shape index (κ2) is 9.47. The van der Waals surface area contributed by atoms with Gasteiger partial charge in [0.15, 0.2) is 0 Å². The first-order valence-corrected chi connectivity index (χ1v) is 10.7. The van der Waals surface area contributed by atoms with Crippen LogP contribution in [-0.2, 0) is 17.8 Å². The molecule has 0 radical (unpaired) electrons. The fourth-order valence-corrected chi connectivity index (χ4v) is 3.68. The van der Waals surface area contributed by atoms with Crippen molar-refractivity contribution in [3.8, 4) is 0 Å². The molecule has 4 aromatic rings. The smallest absolute Gasteiger partial charge is 0.251 e. The van der Waals surface area contributed by atoms with Gasteiger partial charge in [0.1, 0.15) is 12.4 Å². The Labute approximate surface area is 187 Å². The maximum atomic E-state index is 12.9. The van der Waals surface area contributed by atoms with Crippen molar-refractivity contribution in [3.63, 3.8) is 0 Å². The quantitative estimate of drug-likeness (QED) is 0.464. The van der Waals surface area contributed by atoms with Crippen LogP contribution in [0.3, 0.4) is 0 Å². The van der Waals surface area contributed by atoms with E-state index < -0.39 is 0 Å². The molecule has 0 unspecified atom stereocenters. The standard InChI is InChI=1S/C26H26N4O2/c1-18-12-13-19(2)22(16-18)29-25(31)17-30-23-11-7-6-10-21(23)28-24(30)14-15-27-26(32)20-8-4-3-5-9-20/h3-13,16H,14-15,17H2,1-2H3,(H,27,32)(H,29,31). The van der Waals surface area contributed by atoms with E-state index in [0.29, 0.717) is 18.5 Å². The van der Waals surface area contributed by atoms with Crippen LogP contribution in [-0.4, -0.2) is 27.9 Å². The number of imidazole rings is 1. The van der Waals surface area contributed by atoms with Gasteiger partial charge in [0.25, 0.3) is 5.91 Å². The number of anilines is 1.